The highest BCUT2D eigenvalue weighted by atomic mass is 79.9. The molecular weight excluding hydrogens is 541 g/mol. The summed E-state index contributed by atoms with van der Waals surface area (Å²) in [5, 5.41) is 9.15. The minimum Gasteiger partial charge on any atom is -0.481 e. The molecule has 0 bridgehead atoms. The minimum atomic E-state index is -4.44. The van der Waals surface area contributed by atoms with Gasteiger partial charge in [0.05, 0.1) is 29.2 Å². The molecule has 0 spiro atoms. The van der Waals surface area contributed by atoms with Gasteiger partial charge in [0.2, 0.25) is 0 Å². The van der Waals surface area contributed by atoms with Gasteiger partial charge in [-0.1, -0.05) is 0 Å². The fourth-order valence-electron chi connectivity index (χ4n) is 5.03. The van der Waals surface area contributed by atoms with Crippen LogP contribution in [0.1, 0.15) is 44.1 Å². The average Bonchev–Trinajstić information content (AvgIpc) is 3.30. The van der Waals surface area contributed by atoms with Gasteiger partial charge in [-0.25, -0.2) is 9.97 Å². The first-order valence-electron chi connectivity index (χ1n) is 12.0. The lowest BCUT2D eigenvalue weighted by Crippen LogP contribution is -2.39. The van der Waals surface area contributed by atoms with E-state index in [1.807, 2.05) is 12.1 Å². The first-order valence-corrected chi connectivity index (χ1v) is 12.8. The van der Waals surface area contributed by atoms with Crippen molar-refractivity contribution in [3.8, 4) is 11.4 Å². The highest BCUT2D eigenvalue weighted by Gasteiger charge is 2.32. The molecule has 1 aliphatic heterocycles. The Hall–Kier alpha value is -2.66. The number of ether oxygens (including phenoxy) is 1. The highest BCUT2D eigenvalue weighted by molar-refractivity contribution is 9.10. The highest BCUT2D eigenvalue weighted by Crippen LogP contribution is 2.36. The lowest BCUT2D eigenvalue weighted by Gasteiger charge is -2.36. The van der Waals surface area contributed by atoms with Gasteiger partial charge in [0.25, 0.3) is 0 Å². The number of benzene rings is 1. The second kappa shape index (κ2) is 10.0. The summed E-state index contributed by atoms with van der Waals surface area (Å²) in [6.45, 7) is 1.61. The monoisotopic (exact) mass is 566 g/mol. The summed E-state index contributed by atoms with van der Waals surface area (Å²) in [6, 6.07) is 5.85. The number of hydrogen-bond donors (Lipinski definition) is 2. The number of piperidine rings is 1. The summed E-state index contributed by atoms with van der Waals surface area (Å²) < 4.78 is 45.9. The Labute approximate surface area is 214 Å². The average molecular weight is 567 g/mol. The number of imidazole rings is 1. The molecule has 1 aliphatic carbocycles. The van der Waals surface area contributed by atoms with Crippen molar-refractivity contribution in [3.05, 3.63) is 40.5 Å². The summed E-state index contributed by atoms with van der Waals surface area (Å²) >= 11 is 3.20. The van der Waals surface area contributed by atoms with Crippen LogP contribution in [0.15, 0.2) is 34.9 Å². The second-order valence-corrected chi connectivity index (χ2v) is 10.3. The molecule has 5 rings (SSSR count). The first kappa shape index (κ1) is 25.0. The van der Waals surface area contributed by atoms with E-state index in [1.54, 1.807) is 6.20 Å². The van der Waals surface area contributed by atoms with Crippen LogP contribution < -0.4 is 4.90 Å². The normalized spacial score (nSPS) is 21.7. The molecule has 2 fully saturated rings. The Morgan fingerprint density at radius 2 is 1.78 bits per heavy atom. The number of aliphatic carboxylic acids is 1. The van der Waals surface area contributed by atoms with Crippen LogP contribution in [0.3, 0.4) is 0 Å². The standard InChI is InChI=1S/C25H26BrF3N4O3/c26-19-11-16(25(27,28)29)12-20-22(19)32-23(31-20)15-3-6-21(30-13-15)33-9-7-18(8-10-33)36-17-4-1-14(2-5-17)24(34)35/h3,6,11-14,17-18H,1-2,4-5,7-10H2,(H,31,32)(H,34,35). The number of carboxylic acid groups (broad SMARTS) is 1. The van der Waals surface area contributed by atoms with Crippen molar-refractivity contribution >= 4 is 38.8 Å². The van der Waals surface area contributed by atoms with Gasteiger partial charge in [-0.2, -0.15) is 13.2 Å². The molecule has 192 valence electrons. The number of carboxylic acids is 1. The number of pyridine rings is 1. The second-order valence-electron chi connectivity index (χ2n) is 9.48. The van der Waals surface area contributed by atoms with Crippen molar-refractivity contribution in [1.82, 2.24) is 15.0 Å². The number of anilines is 1. The van der Waals surface area contributed by atoms with E-state index in [-0.39, 0.29) is 22.6 Å². The molecule has 0 amide bonds. The van der Waals surface area contributed by atoms with Gasteiger partial charge >= 0.3 is 12.1 Å². The quantitative estimate of drug-likeness (QED) is 0.391. The molecule has 2 aliphatic rings. The van der Waals surface area contributed by atoms with E-state index in [2.05, 4.69) is 35.8 Å². The fourth-order valence-corrected chi connectivity index (χ4v) is 5.58. The molecule has 11 heteroatoms. The van der Waals surface area contributed by atoms with Gasteiger partial charge in [0, 0.05) is 29.3 Å². The lowest BCUT2D eigenvalue weighted by molar-refractivity contribution is -0.144. The maximum atomic E-state index is 13.1. The molecule has 3 heterocycles. The van der Waals surface area contributed by atoms with Crippen LogP contribution in [0, 0.1) is 5.92 Å². The van der Waals surface area contributed by atoms with Gasteiger partial charge in [0.15, 0.2) is 0 Å². The molecule has 1 aromatic carbocycles. The summed E-state index contributed by atoms with van der Waals surface area (Å²) in [6.07, 6.45) is 2.27. The smallest absolute Gasteiger partial charge is 0.416 e. The van der Waals surface area contributed by atoms with Gasteiger partial charge in [-0.3, -0.25) is 4.79 Å². The molecule has 0 radical (unpaired) electrons. The summed E-state index contributed by atoms with van der Waals surface area (Å²) in [5.41, 5.74) is 0.673. The molecule has 0 atom stereocenters. The van der Waals surface area contributed by atoms with Crippen LogP contribution in [0.25, 0.3) is 22.4 Å². The Bertz CT molecular complexity index is 1230. The number of rotatable bonds is 5. The number of nitrogens with one attached hydrogen (secondary N) is 1. The van der Waals surface area contributed by atoms with Crippen LogP contribution in [0.4, 0.5) is 19.0 Å². The van der Waals surface area contributed by atoms with Crippen LogP contribution in [0.5, 0.6) is 0 Å². The number of aromatic nitrogens is 3. The molecule has 1 saturated heterocycles. The SMILES string of the molecule is O=C(O)C1CCC(OC2CCN(c3ccc(-c4nc5c(Br)cc(C(F)(F)F)cc5[nH]4)cn3)CC2)CC1. The Kier molecular flexibility index (Phi) is 6.95. The van der Waals surface area contributed by atoms with Gasteiger partial charge in [-0.15, -0.1) is 0 Å². The van der Waals surface area contributed by atoms with E-state index in [0.29, 0.717) is 35.3 Å². The Morgan fingerprint density at radius 3 is 2.39 bits per heavy atom. The zero-order valence-electron chi connectivity index (χ0n) is 19.4. The predicted molar refractivity (Wildman–Crippen MR) is 132 cm³/mol. The molecule has 0 unspecified atom stereocenters. The van der Waals surface area contributed by atoms with E-state index in [0.717, 1.165) is 56.7 Å². The maximum Gasteiger partial charge on any atom is 0.416 e. The Morgan fingerprint density at radius 1 is 1.08 bits per heavy atom. The van der Waals surface area contributed by atoms with Crippen LogP contribution in [0.2, 0.25) is 0 Å². The zero-order valence-corrected chi connectivity index (χ0v) is 21.0. The number of aromatic amines is 1. The van der Waals surface area contributed by atoms with Gasteiger partial charge in [0.1, 0.15) is 17.2 Å². The first-order chi connectivity index (χ1) is 17.2. The summed E-state index contributed by atoms with van der Waals surface area (Å²) in [7, 11) is 0. The lowest BCUT2D eigenvalue weighted by atomic mass is 9.87. The number of halogens is 4. The van der Waals surface area contributed by atoms with Crippen LogP contribution in [-0.2, 0) is 15.7 Å². The molecule has 2 aromatic heterocycles. The van der Waals surface area contributed by atoms with E-state index >= 15 is 0 Å². The fraction of sp³-hybridized carbons (Fsp3) is 0.480. The molecule has 7 nitrogen and oxygen atoms in total. The number of hydrogen-bond acceptors (Lipinski definition) is 5. The zero-order chi connectivity index (χ0) is 25.4. The number of fused-ring (bicyclic) bond motifs is 1. The van der Waals surface area contributed by atoms with Gasteiger partial charge < -0.3 is 19.7 Å². The number of H-pyrrole nitrogens is 1. The molecule has 36 heavy (non-hydrogen) atoms. The van der Waals surface area contributed by atoms with Gasteiger partial charge in [-0.05, 0) is 78.7 Å². The third-order valence-corrected chi connectivity index (χ3v) is 7.67. The van der Waals surface area contributed by atoms with Crippen molar-refractivity contribution in [1.29, 1.82) is 0 Å². The summed E-state index contributed by atoms with van der Waals surface area (Å²) in [4.78, 5) is 25.3. The summed E-state index contributed by atoms with van der Waals surface area (Å²) in [5.74, 6) is 0.341. The number of carbonyl (C=O) groups is 1. The molecule has 1 saturated carbocycles. The minimum absolute atomic E-state index is 0.144. The predicted octanol–water partition coefficient (Wildman–Crippen LogP) is 6.04. The molecule has 3 aromatic rings. The topological polar surface area (TPSA) is 91.3 Å². The van der Waals surface area contributed by atoms with Crippen molar-refractivity contribution in [2.45, 2.75) is 56.9 Å². The molecular formula is C25H26BrF3N4O3. The van der Waals surface area contributed by atoms with Crippen molar-refractivity contribution in [2.24, 2.45) is 5.92 Å². The number of alkyl halides is 3. The van der Waals surface area contributed by atoms with Crippen LogP contribution in [-0.4, -0.2) is 51.3 Å². The van der Waals surface area contributed by atoms with Crippen molar-refractivity contribution in [3.63, 3.8) is 0 Å². The Balaban J connectivity index is 1.19. The van der Waals surface area contributed by atoms with E-state index in [9.17, 15) is 18.0 Å². The van der Waals surface area contributed by atoms with Crippen molar-refractivity contribution < 1.29 is 27.8 Å². The third-order valence-electron chi connectivity index (χ3n) is 7.06. The van der Waals surface area contributed by atoms with Crippen LogP contribution >= 0.6 is 15.9 Å². The van der Waals surface area contributed by atoms with E-state index in [4.69, 9.17) is 9.84 Å². The maximum absolute atomic E-state index is 13.1. The van der Waals surface area contributed by atoms with E-state index in [1.165, 1.54) is 0 Å². The molecule has 2 N–H and O–H groups in total. The van der Waals surface area contributed by atoms with Crippen molar-refractivity contribution in [2.75, 3.05) is 18.0 Å². The largest absolute Gasteiger partial charge is 0.481 e. The van der Waals surface area contributed by atoms with E-state index < -0.39 is 17.7 Å². The number of nitrogens with zero attached hydrogens (tertiary/aromatic N) is 3. The third kappa shape index (κ3) is 5.36.